The summed E-state index contributed by atoms with van der Waals surface area (Å²) in [6.07, 6.45) is 4.71. The molecule has 0 aliphatic carbocycles. The Morgan fingerprint density at radius 1 is 1.47 bits per heavy atom. The molecule has 17 heavy (non-hydrogen) atoms. The molecule has 4 heteroatoms. The highest BCUT2D eigenvalue weighted by molar-refractivity contribution is 5.76. The predicted octanol–water partition coefficient (Wildman–Crippen LogP) is 1.88. The van der Waals surface area contributed by atoms with Gasteiger partial charge in [0.15, 0.2) is 5.49 Å². The number of nitrogens with one attached hydrogen (secondary N) is 1. The highest BCUT2D eigenvalue weighted by Crippen LogP contribution is 2.06. The normalized spacial score (nSPS) is 12.6. The van der Waals surface area contributed by atoms with Gasteiger partial charge in [0, 0.05) is 30.9 Å². The van der Waals surface area contributed by atoms with Crippen molar-refractivity contribution in [3.8, 4) is 0 Å². The topological polar surface area (TPSA) is 44.9 Å². The Hall–Kier alpha value is -1.84. The molecule has 0 saturated heterocycles. The standard InChI is InChI=1S/C13H18N4/c1-4-10(2)16(3)17-9-7-12-11(13(17)14)6-5-8-15-12/h5-10,14H,4H2,1-3H3. The maximum atomic E-state index is 8.22. The number of fused-ring (bicyclic) bond motifs is 1. The zero-order valence-corrected chi connectivity index (χ0v) is 10.5. The summed E-state index contributed by atoms with van der Waals surface area (Å²) < 4.78 is 1.87. The maximum absolute atomic E-state index is 8.22. The average molecular weight is 230 g/mol. The van der Waals surface area contributed by atoms with Crippen LogP contribution in [-0.4, -0.2) is 22.7 Å². The van der Waals surface area contributed by atoms with Crippen LogP contribution in [0, 0.1) is 5.41 Å². The van der Waals surface area contributed by atoms with Gasteiger partial charge in [-0.05, 0) is 31.5 Å². The van der Waals surface area contributed by atoms with E-state index in [4.69, 9.17) is 5.41 Å². The van der Waals surface area contributed by atoms with Crippen molar-refractivity contribution in [1.82, 2.24) is 9.66 Å². The third-order valence-corrected chi connectivity index (χ3v) is 3.26. The largest absolute Gasteiger partial charge is 0.312 e. The van der Waals surface area contributed by atoms with Crippen molar-refractivity contribution in [2.45, 2.75) is 26.3 Å². The van der Waals surface area contributed by atoms with E-state index in [2.05, 4.69) is 23.8 Å². The first-order valence-electron chi connectivity index (χ1n) is 5.89. The van der Waals surface area contributed by atoms with Gasteiger partial charge in [-0.15, -0.1) is 0 Å². The van der Waals surface area contributed by atoms with E-state index in [-0.39, 0.29) is 0 Å². The molecule has 0 aliphatic heterocycles. The molecule has 0 radical (unpaired) electrons. The molecule has 0 spiro atoms. The molecule has 0 aromatic carbocycles. The molecule has 2 heterocycles. The Kier molecular flexibility index (Phi) is 3.13. The first-order valence-corrected chi connectivity index (χ1v) is 5.89. The first-order chi connectivity index (χ1) is 8.15. The van der Waals surface area contributed by atoms with Crippen molar-refractivity contribution in [3.63, 3.8) is 0 Å². The van der Waals surface area contributed by atoms with Crippen LogP contribution in [0.25, 0.3) is 10.9 Å². The van der Waals surface area contributed by atoms with Gasteiger partial charge < -0.3 is 5.01 Å². The highest BCUT2D eigenvalue weighted by Gasteiger charge is 2.08. The van der Waals surface area contributed by atoms with Crippen LogP contribution < -0.4 is 10.5 Å². The molecule has 2 aromatic heterocycles. The summed E-state index contributed by atoms with van der Waals surface area (Å²) in [5.74, 6) is 0. The predicted molar refractivity (Wildman–Crippen MR) is 69.5 cm³/mol. The molecule has 0 fully saturated rings. The molecule has 4 nitrogen and oxygen atoms in total. The van der Waals surface area contributed by atoms with E-state index < -0.39 is 0 Å². The van der Waals surface area contributed by atoms with Gasteiger partial charge in [0.2, 0.25) is 0 Å². The van der Waals surface area contributed by atoms with Crippen molar-refractivity contribution in [2.75, 3.05) is 12.1 Å². The lowest BCUT2D eigenvalue weighted by atomic mass is 10.2. The van der Waals surface area contributed by atoms with Gasteiger partial charge in [-0.25, -0.2) is 4.68 Å². The van der Waals surface area contributed by atoms with Crippen LogP contribution in [0.5, 0.6) is 0 Å². The summed E-state index contributed by atoms with van der Waals surface area (Å²) in [5.41, 5.74) is 1.35. The highest BCUT2D eigenvalue weighted by atomic mass is 15.5. The van der Waals surface area contributed by atoms with Gasteiger partial charge in [-0.2, -0.15) is 0 Å². The van der Waals surface area contributed by atoms with Crippen LogP contribution in [0.15, 0.2) is 30.6 Å². The molecule has 1 atom stereocenters. The second kappa shape index (κ2) is 4.57. The van der Waals surface area contributed by atoms with Crippen LogP contribution in [0.1, 0.15) is 20.3 Å². The van der Waals surface area contributed by atoms with Gasteiger partial charge >= 0.3 is 0 Å². The summed E-state index contributed by atoms with van der Waals surface area (Å²) in [4.78, 5) is 4.26. The Balaban J connectivity index is 2.57. The fraction of sp³-hybridized carbons (Fsp3) is 0.385. The Morgan fingerprint density at radius 2 is 2.24 bits per heavy atom. The lowest BCUT2D eigenvalue weighted by Crippen LogP contribution is -2.44. The number of pyridine rings is 2. The number of nitrogens with zero attached hydrogens (tertiary/aromatic N) is 3. The van der Waals surface area contributed by atoms with Crippen LogP contribution >= 0.6 is 0 Å². The van der Waals surface area contributed by atoms with E-state index in [0.29, 0.717) is 11.5 Å². The van der Waals surface area contributed by atoms with Crippen LogP contribution in [0.3, 0.4) is 0 Å². The third kappa shape index (κ3) is 2.02. The van der Waals surface area contributed by atoms with Gasteiger partial charge in [0.25, 0.3) is 0 Å². The maximum Gasteiger partial charge on any atom is 0.153 e. The number of rotatable bonds is 3. The summed E-state index contributed by atoms with van der Waals surface area (Å²) in [5, 5.41) is 11.2. The van der Waals surface area contributed by atoms with Gasteiger partial charge in [-0.3, -0.25) is 10.4 Å². The lowest BCUT2D eigenvalue weighted by Gasteiger charge is -2.28. The van der Waals surface area contributed by atoms with Crippen molar-refractivity contribution >= 4 is 10.9 Å². The number of hydrogen-bond donors (Lipinski definition) is 1. The minimum Gasteiger partial charge on any atom is -0.312 e. The van der Waals surface area contributed by atoms with Crippen molar-refractivity contribution in [3.05, 3.63) is 36.1 Å². The first kappa shape index (κ1) is 11.6. The molecule has 2 aromatic rings. The molecule has 0 aliphatic rings. The number of hydrogen-bond acceptors (Lipinski definition) is 3. The van der Waals surface area contributed by atoms with E-state index in [1.807, 2.05) is 36.1 Å². The van der Waals surface area contributed by atoms with E-state index in [1.54, 1.807) is 6.20 Å². The monoisotopic (exact) mass is 230 g/mol. The molecule has 0 bridgehead atoms. The van der Waals surface area contributed by atoms with E-state index in [1.165, 1.54) is 0 Å². The van der Waals surface area contributed by atoms with Gasteiger partial charge in [-0.1, -0.05) is 6.92 Å². The van der Waals surface area contributed by atoms with E-state index in [9.17, 15) is 0 Å². The quantitative estimate of drug-likeness (QED) is 0.875. The van der Waals surface area contributed by atoms with E-state index >= 15 is 0 Å². The van der Waals surface area contributed by atoms with E-state index in [0.717, 1.165) is 17.3 Å². The zero-order chi connectivity index (χ0) is 12.4. The Labute approximate surface area is 101 Å². The summed E-state index contributed by atoms with van der Waals surface area (Å²) in [7, 11) is 2.01. The van der Waals surface area contributed by atoms with Crippen molar-refractivity contribution < 1.29 is 0 Å². The zero-order valence-electron chi connectivity index (χ0n) is 10.5. The van der Waals surface area contributed by atoms with Crippen LogP contribution in [0.2, 0.25) is 0 Å². The molecule has 90 valence electrons. The molecular formula is C13H18N4. The average Bonchev–Trinajstić information content (AvgIpc) is 2.38. The lowest BCUT2D eigenvalue weighted by molar-refractivity contribution is 0.512. The summed E-state index contributed by atoms with van der Waals surface area (Å²) in [6.45, 7) is 4.30. The minimum atomic E-state index is 0.401. The third-order valence-electron chi connectivity index (χ3n) is 3.26. The smallest absolute Gasteiger partial charge is 0.153 e. The summed E-state index contributed by atoms with van der Waals surface area (Å²) in [6, 6.07) is 6.16. The van der Waals surface area contributed by atoms with Crippen LogP contribution in [-0.2, 0) is 0 Å². The summed E-state index contributed by atoms with van der Waals surface area (Å²) >= 11 is 0. The molecule has 1 unspecified atom stereocenters. The molecule has 2 rings (SSSR count). The van der Waals surface area contributed by atoms with Crippen LogP contribution in [0.4, 0.5) is 0 Å². The van der Waals surface area contributed by atoms with Gasteiger partial charge in [0.1, 0.15) is 0 Å². The number of aromatic nitrogens is 2. The fourth-order valence-corrected chi connectivity index (χ4v) is 1.83. The minimum absolute atomic E-state index is 0.401. The van der Waals surface area contributed by atoms with Gasteiger partial charge in [0.05, 0.1) is 5.52 Å². The fourth-order valence-electron chi connectivity index (χ4n) is 1.83. The second-order valence-corrected chi connectivity index (χ2v) is 4.28. The second-order valence-electron chi connectivity index (χ2n) is 4.28. The van der Waals surface area contributed by atoms with Crippen molar-refractivity contribution in [1.29, 1.82) is 5.41 Å². The molecule has 0 amide bonds. The molecular weight excluding hydrogens is 212 g/mol. The molecule has 1 N–H and O–H groups in total. The van der Waals surface area contributed by atoms with Crippen molar-refractivity contribution in [2.24, 2.45) is 0 Å². The molecule has 0 saturated carbocycles. The Morgan fingerprint density at radius 3 is 2.94 bits per heavy atom. The Bertz CT molecular complexity index is 573. The SMILES string of the molecule is CCC(C)N(C)n1ccc2ncccc2c1=N.